The molecule has 0 fully saturated rings. The molecule has 0 unspecified atom stereocenters. The summed E-state index contributed by atoms with van der Waals surface area (Å²) >= 11 is 0. The Morgan fingerprint density at radius 3 is 2.50 bits per heavy atom. The maximum Gasteiger partial charge on any atom is 0.338 e. The molecule has 1 amide bonds. The molecule has 0 aliphatic rings. The van der Waals surface area contributed by atoms with Crippen LogP contribution in [0.4, 0.5) is 10.1 Å². The molecule has 1 aromatic heterocycles. The fourth-order valence-electron chi connectivity index (χ4n) is 3.18. The minimum atomic E-state index is -0.627. The van der Waals surface area contributed by atoms with Gasteiger partial charge in [-0.2, -0.15) is 0 Å². The number of hydrogen-bond donors (Lipinski definition) is 1. The van der Waals surface area contributed by atoms with Gasteiger partial charge in [0, 0.05) is 11.4 Å². The van der Waals surface area contributed by atoms with Crippen molar-refractivity contribution in [1.82, 2.24) is 9.55 Å². The molecule has 3 aromatic carbocycles. The SMILES string of the molecule is Cc1nc2cc(C(=O)OCC(=O)Nc3ccc(F)cc3)ccc2n1-c1ccccc1. The number of fused-ring (bicyclic) bond motifs is 1. The van der Waals surface area contributed by atoms with Crippen LogP contribution in [0.3, 0.4) is 0 Å². The Bertz CT molecular complexity index is 1220. The maximum atomic E-state index is 12.9. The van der Waals surface area contributed by atoms with Gasteiger partial charge in [0.05, 0.1) is 16.6 Å². The van der Waals surface area contributed by atoms with Crippen molar-refractivity contribution < 1.29 is 18.7 Å². The van der Waals surface area contributed by atoms with E-state index in [4.69, 9.17) is 4.74 Å². The molecule has 0 saturated carbocycles. The van der Waals surface area contributed by atoms with Gasteiger partial charge < -0.3 is 10.1 Å². The van der Waals surface area contributed by atoms with Crippen LogP contribution in [-0.4, -0.2) is 28.0 Å². The molecule has 1 heterocycles. The van der Waals surface area contributed by atoms with Crippen molar-refractivity contribution >= 4 is 28.6 Å². The average Bonchev–Trinajstić information content (AvgIpc) is 3.09. The van der Waals surface area contributed by atoms with Gasteiger partial charge in [-0.1, -0.05) is 18.2 Å². The lowest BCUT2D eigenvalue weighted by molar-refractivity contribution is -0.119. The highest BCUT2D eigenvalue weighted by molar-refractivity contribution is 5.97. The molecule has 150 valence electrons. The monoisotopic (exact) mass is 403 g/mol. The van der Waals surface area contributed by atoms with Crippen LogP contribution in [0.1, 0.15) is 16.2 Å². The Morgan fingerprint density at radius 2 is 1.77 bits per heavy atom. The summed E-state index contributed by atoms with van der Waals surface area (Å²) in [7, 11) is 0. The van der Waals surface area contributed by atoms with E-state index in [0.29, 0.717) is 16.8 Å². The summed E-state index contributed by atoms with van der Waals surface area (Å²) in [5.41, 5.74) is 3.21. The van der Waals surface area contributed by atoms with E-state index in [1.54, 1.807) is 18.2 Å². The third-order valence-corrected chi connectivity index (χ3v) is 4.53. The number of anilines is 1. The van der Waals surface area contributed by atoms with E-state index in [9.17, 15) is 14.0 Å². The minimum Gasteiger partial charge on any atom is -0.452 e. The Balaban J connectivity index is 1.46. The van der Waals surface area contributed by atoms with Gasteiger partial charge in [0.15, 0.2) is 6.61 Å². The van der Waals surface area contributed by atoms with Gasteiger partial charge in [-0.3, -0.25) is 9.36 Å². The Hall–Kier alpha value is -4.00. The number of halogens is 1. The summed E-state index contributed by atoms with van der Waals surface area (Å²) in [6, 6.07) is 20.2. The molecule has 0 atom stereocenters. The van der Waals surface area contributed by atoms with Crippen LogP contribution in [0.25, 0.3) is 16.7 Å². The topological polar surface area (TPSA) is 73.2 Å². The lowest BCUT2D eigenvalue weighted by atomic mass is 10.2. The van der Waals surface area contributed by atoms with Crippen LogP contribution in [0.15, 0.2) is 72.8 Å². The number of para-hydroxylation sites is 1. The number of aryl methyl sites for hydroxylation is 1. The number of imidazole rings is 1. The van der Waals surface area contributed by atoms with Crippen LogP contribution in [0.2, 0.25) is 0 Å². The zero-order valence-corrected chi connectivity index (χ0v) is 16.1. The Labute approximate surface area is 171 Å². The van der Waals surface area contributed by atoms with E-state index in [1.807, 2.05) is 41.8 Å². The normalized spacial score (nSPS) is 10.7. The molecule has 0 bridgehead atoms. The molecule has 1 N–H and O–H groups in total. The predicted octanol–water partition coefficient (Wildman–Crippen LogP) is 4.27. The van der Waals surface area contributed by atoms with E-state index in [1.165, 1.54) is 24.3 Å². The lowest BCUT2D eigenvalue weighted by Gasteiger charge is -2.08. The highest BCUT2D eigenvalue weighted by Gasteiger charge is 2.15. The van der Waals surface area contributed by atoms with E-state index in [-0.39, 0.29) is 0 Å². The van der Waals surface area contributed by atoms with E-state index in [0.717, 1.165) is 17.0 Å². The average molecular weight is 403 g/mol. The third-order valence-electron chi connectivity index (χ3n) is 4.53. The van der Waals surface area contributed by atoms with Crippen molar-refractivity contribution in [3.05, 3.63) is 90.0 Å². The van der Waals surface area contributed by atoms with Gasteiger partial charge in [-0.25, -0.2) is 14.2 Å². The molecule has 0 aliphatic heterocycles. The van der Waals surface area contributed by atoms with E-state index in [2.05, 4.69) is 10.3 Å². The highest BCUT2D eigenvalue weighted by atomic mass is 19.1. The highest BCUT2D eigenvalue weighted by Crippen LogP contribution is 2.22. The largest absolute Gasteiger partial charge is 0.452 e. The molecule has 0 aliphatic carbocycles. The molecule has 0 saturated heterocycles. The second-order valence-electron chi connectivity index (χ2n) is 6.66. The molecule has 0 radical (unpaired) electrons. The Kier molecular flexibility index (Phi) is 5.26. The van der Waals surface area contributed by atoms with Gasteiger partial charge in [0.2, 0.25) is 0 Å². The molecule has 6 nitrogen and oxygen atoms in total. The number of nitrogens with one attached hydrogen (secondary N) is 1. The van der Waals surface area contributed by atoms with Crippen molar-refractivity contribution in [2.24, 2.45) is 0 Å². The zero-order valence-electron chi connectivity index (χ0n) is 16.1. The van der Waals surface area contributed by atoms with Gasteiger partial charge >= 0.3 is 5.97 Å². The van der Waals surface area contributed by atoms with Gasteiger partial charge in [-0.05, 0) is 61.5 Å². The van der Waals surface area contributed by atoms with Gasteiger partial charge in [0.1, 0.15) is 11.6 Å². The summed E-state index contributed by atoms with van der Waals surface area (Å²) in [5, 5.41) is 2.54. The standard InChI is InChI=1S/C23H18FN3O3/c1-15-25-20-13-16(7-12-21(20)27(15)19-5-3-2-4-6-19)23(29)30-14-22(28)26-18-10-8-17(24)9-11-18/h2-13H,14H2,1H3,(H,26,28). The first kappa shape index (κ1) is 19.3. The smallest absolute Gasteiger partial charge is 0.338 e. The van der Waals surface area contributed by atoms with Crippen LogP contribution < -0.4 is 5.32 Å². The number of aromatic nitrogens is 2. The first-order valence-electron chi connectivity index (χ1n) is 9.28. The predicted molar refractivity (Wildman–Crippen MR) is 111 cm³/mol. The number of nitrogens with zero attached hydrogens (tertiary/aromatic N) is 2. The van der Waals surface area contributed by atoms with Crippen molar-refractivity contribution in [1.29, 1.82) is 0 Å². The number of amides is 1. The van der Waals surface area contributed by atoms with Crippen LogP contribution in [-0.2, 0) is 9.53 Å². The third kappa shape index (κ3) is 4.05. The van der Waals surface area contributed by atoms with Crippen molar-refractivity contribution in [3.63, 3.8) is 0 Å². The number of ether oxygens (including phenoxy) is 1. The fourth-order valence-corrected chi connectivity index (χ4v) is 3.18. The summed E-state index contributed by atoms with van der Waals surface area (Å²) in [5.74, 6) is -0.751. The van der Waals surface area contributed by atoms with Crippen LogP contribution in [0, 0.1) is 12.7 Å². The van der Waals surface area contributed by atoms with Gasteiger partial charge in [-0.15, -0.1) is 0 Å². The van der Waals surface area contributed by atoms with Crippen LogP contribution in [0.5, 0.6) is 0 Å². The van der Waals surface area contributed by atoms with Crippen molar-refractivity contribution in [3.8, 4) is 5.69 Å². The number of hydrogen-bond acceptors (Lipinski definition) is 4. The number of benzene rings is 3. The zero-order chi connectivity index (χ0) is 21.1. The molecule has 7 heteroatoms. The molecular formula is C23H18FN3O3. The summed E-state index contributed by atoms with van der Waals surface area (Å²) in [6.45, 7) is 1.44. The van der Waals surface area contributed by atoms with Crippen molar-refractivity contribution in [2.75, 3.05) is 11.9 Å². The fraction of sp³-hybridized carbons (Fsp3) is 0.0870. The Morgan fingerprint density at radius 1 is 1.03 bits per heavy atom. The molecular weight excluding hydrogens is 385 g/mol. The summed E-state index contributed by atoms with van der Waals surface area (Å²) < 4.78 is 20.0. The van der Waals surface area contributed by atoms with Gasteiger partial charge in [0.25, 0.3) is 5.91 Å². The number of carbonyl (C=O) groups excluding carboxylic acids is 2. The second kappa shape index (κ2) is 8.16. The first-order chi connectivity index (χ1) is 14.5. The number of rotatable bonds is 5. The minimum absolute atomic E-state index is 0.301. The second-order valence-corrected chi connectivity index (χ2v) is 6.66. The molecule has 30 heavy (non-hydrogen) atoms. The van der Waals surface area contributed by atoms with Crippen molar-refractivity contribution in [2.45, 2.75) is 6.92 Å². The molecule has 4 rings (SSSR count). The summed E-state index contributed by atoms with van der Waals surface area (Å²) in [4.78, 5) is 28.9. The van der Waals surface area contributed by atoms with Crippen LogP contribution >= 0.6 is 0 Å². The maximum absolute atomic E-state index is 12.9. The number of carbonyl (C=O) groups is 2. The van der Waals surface area contributed by atoms with E-state index < -0.39 is 24.3 Å². The quantitative estimate of drug-likeness (QED) is 0.505. The molecule has 4 aromatic rings. The first-order valence-corrected chi connectivity index (χ1v) is 9.28. The number of esters is 1. The van der Waals surface area contributed by atoms with E-state index >= 15 is 0 Å². The lowest BCUT2D eigenvalue weighted by Crippen LogP contribution is -2.20. The summed E-state index contributed by atoms with van der Waals surface area (Å²) in [6.07, 6.45) is 0. The molecule has 0 spiro atoms.